The molecule has 1 aliphatic rings. The number of carbonyl (C=O) groups is 1. The maximum Gasteiger partial charge on any atom is 0.322 e. The van der Waals surface area contributed by atoms with Crippen LogP contribution in [0.25, 0.3) is 0 Å². The monoisotopic (exact) mass is 377 g/mol. The van der Waals surface area contributed by atoms with E-state index in [1.807, 2.05) is 23.1 Å². The van der Waals surface area contributed by atoms with Gasteiger partial charge in [-0.15, -0.1) is 11.3 Å². The quantitative estimate of drug-likeness (QED) is 0.802. The molecule has 3 rings (SSSR count). The van der Waals surface area contributed by atoms with E-state index in [1.165, 1.54) is 4.88 Å². The van der Waals surface area contributed by atoms with Crippen LogP contribution in [-0.2, 0) is 6.54 Å². The van der Waals surface area contributed by atoms with Crippen LogP contribution in [0.2, 0.25) is 5.02 Å². The zero-order valence-corrected chi connectivity index (χ0v) is 16.0. The Bertz CT molecular complexity index is 684. The Labute approximate surface area is 158 Å². The molecule has 1 N–H and O–H groups in total. The van der Waals surface area contributed by atoms with Crippen LogP contribution in [0.1, 0.15) is 24.6 Å². The molecule has 0 unspecified atom stereocenters. The van der Waals surface area contributed by atoms with Gasteiger partial charge in [-0.2, -0.15) is 0 Å². The van der Waals surface area contributed by atoms with E-state index in [9.17, 15) is 4.79 Å². The Morgan fingerprint density at radius 3 is 2.76 bits per heavy atom. The average Bonchev–Trinajstić information content (AvgIpc) is 3.13. The average molecular weight is 378 g/mol. The summed E-state index contributed by atoms with van der Waals surface area (Å²) in [5.41, 5.74) is 0.736. The van der Waals surface area contributed by atoms with Crippen LogP contribution in [0.15, 0.2) is 41.8 Å². The van der Waals surface area contributed by atoms with Crippen LogP contribution in [-0.4, -0.2) is 41.5 Å². The van der Waals surface area contributed by atoms with Crippen LogP contribution < -0.4 is 5.32 Å². The number of halogens is 1. The van der Waals surface area contributed by atoms with Gasteiger partial charge in [0.05, 0.1) is 6.54 Å². The second kappa shape index (κ2) is 8.70. The zero-order valence-electron chi connectivity index (χ0n) is 14.5. The molecule has 2 heterocycles. The van der Waals surface area contributed by atoms with Crippen LogP contribution in [0.3, 0.4) is 0 Å². The SMILES string of the molecule is CCN1CCC(N(Cc2cccs2)C(=O)Nc2cccc(Cl)c2)CC1. The van der Waals surface area contributed by atoms with Gasteiger partial charge in [-0.05, 0) is 49.0 Å². The molecule has 1 aromatic heterocycles. The van der Waals surface area contributed by atoms with E-state index in [-0.39, 0.29) is 12.1 Å². The summed E-state index contributed by atoms with van der Waals surface area (Å²) in [4.78, 5) is 18.6. The topological polar surface area (TPSA) is 35.6 Å². The number of nitrogens with one attached hydrogen (secondary N) is 1. The van der Waals surface area contributed by atoms with Gasteiger partial charge in [0.1, 0.15) is 0 Å². The largest absolute Gasteiger partial charge is 0.322 e. The maximum atomic E-state index is 13.0. The van der Waals surface area contributed by atoms with Crippen LogP contribution in [0.5, 0.6) is 0 Å². The first-order chi connectivity index (χ1) is 12.2. The number of nitrogens with zero attached hydrogens (tertiary/aromatic N) is 2. The lowest BCUT2D eigenvalue weighted by molar-refractivity contribution is 0.127. The summed E-state index contributed by atoms with van der Waals surface area (Å²) in [5.74, 6) is 0. The highest BCUT2D eigenvalue weighted by Gasteiger charge is 2.28. The molecule has 25 heavy (non-hydrogen) atoms. The van der Waals surface area contributed by atoms with Crippen LogP contribution >= 0.6 is 22.9 Å². The van der Waals surface area contributed by atoms with Crippen molar-refractivity contribution in [1.29, 1.82) is 0 Å². The first kappa shape index (κ1) is 18.2. The number of urea groups is 1. The smallest absolute Gasteiger partial charge is 0.316 e. The number of hydrogen-bond donors (Lipinski definition) is 1. The molecule has 1 aromatic carbocycles. The summed E-state index contributed by atoms with van der Waals surface area (Å²) < 4.78 is 0. The van der Waals surface area contributed by atoms with Crippen molar-refractivity contribution in [3.8, 4) is 0 Å². The molecule has 2 aromatic rings. The summed E-state index contributed by atoms with van der Waals surface area (Å²) in [7, 11) is 0. The molecule has 0 bridgehead atoms. The van der Waals surface area contributed by atoms with Gasteiger partial charge in [0.2, 0.25) is 0 Å². The van der Waals surface area contributed by atoms with E-state index in [0.717, 1.165) is 38.2 Å². The predicted molar refractivity (Wildman–Crippen MR) is 105 cm³/mol. The van der Waals surface area contributed by atoms with E-state index in [2.05, 4.69) is 28.6 Å². The molecule has 1 saturated heterocycles. The summed E-state index contributed by atoms with van der Waals surface area (Å²) >= 11 is 7.73. The third-order valence-electron chi connectivity index (χ3n) is 4.69. The van der Waals surface area contributed by atoms with Gasteiger partial charge in [0.15, 0.2) is 0 Å². The van der Waals surface area contributed by atoms with Gasteiger partial charge < -0.3 is 15.1 Å². The van der Waals surface area contributed by atoms with Crippen molar-refractivity contribution < 1.29 is 4.79 Å². The van der Waals surface area contributed by atoms with Crippen molar-refractivity contribution in [2.24, 2.45) is 0 Å². The molecule has 0 atom stereocenters. The zero-order chi connectivity index (χ0) is 17.6. The Hall–Kier alpha value is -1.56. The number of piperidine rings is 1. The normalized spacial score (nSPS) is 15.9. The Morgan fingerprint density at radius 1 is 1.32 bits per heavy atom. The number of benzene rings is 1. The number of rotatable bonds is 5. The van der Waals surface area contributed by atoms with E-state index in [1.54, 1.807) is 23.5 Å². The molecule has 0 aliphatic carbocycles. The summed E-state index contributed by atoms with van der Waals surface area (Å²) in [5, 5.41) is 5.69. The lowest BCUT2D eigenvalue weighted by Gasteiger charge is -2.38. The fraction of sp³-hybridized carbons (Fsp3) is 0.421. The second-order valence-electron chi connectivity index (χ2n) is 6.31. The number of amides is 2. The van der Waals surface area contributed by atoms with E-state index < -0.39 is 0 Å². The highest BCUT2D eigenvalue weighted by molar-refractivity contribution is 7.09. The lowest BCUT2D eigenvalue weighted by Crippen LogP contribution is -2.48. The lowest BCUT2D eigenvalue weighted by atomic mass is 10.0. The number of hydrogen-bond acceptors (Lipinski definition) is 3. The third-order valence-corrected chi connectivity index (χ3v) is 5.78. The van der Waals surface area contributed by atoms with Crippen molar-refractivity contribution in [2.75, 3.05) is 25.0 Å². The van der Waals surface area contributed by atoms with Gasteiger partial charge >= 0.3 is 6.03 Å². The first-order valence-corrected chi connectivity index (χ1v) is 9.99. The number of likely N-dealkylation sites (tertiary alicyclic amines) is 1. The van der Waals surface area contributed by atoms with Crippen molar-refractivity contribution in [2.45, 2.75) is 32.4 Å². The number of thiophene rings is 1. The van der Waals surface area contributed by atoms with Gasteiger partial charge in [-0.3, -0.25) is 0 Å². The maximum absolute atomic E-state index is 13.0. The van der Waals surface area contributed by atoms with E-state index in [0.29, 0.717) is 11.6 Å². The molecule has 134 valence electrons. The van der Waals surface area contributed by atoms with Crippen molar-refractivity contribution >= 4 is 34.7 Å². The number of carbonyl (C=O) groups excluding carboxylic acids is 1. The highest BCUT2D eigenvalue weighted by Crippen LogP contribution is 2.23. The third kappa shape index (κ3) is 4.97. The molecule has 0 saturated carbocycles. The van der Waals surface area contributed by atoms with Crippen molar-refractivity contribution in [3.63, 3.8) is 0 Å². The first-order valence-electron chi connectivity index (χ1n) is 8.73. The standard InChI is InChI=1S/C19H24ClN3OS/c1-2-22-10-8-17(9-11-22)23(14-18-7-4-12-25-18)19(24)21-16-6-3-5-15(20)13-16/h3-7,12-13,17H,2,8-11,14H2,1H3,(H,21,24). The molecular weight excluding hydrogens is 354 g/mol. The fourth-order valence-electron chi connectivity index (χ4n) is 3.25. The van der Waals surface area contributed by atoms with Crippen LogP contribution in [0, 0.1) is 0 Å². The molecule has 0 spiro atoms. The minimum absolute atomic E-state index is 0.0504. The minimum Gasteiger partial charge on any atom is -0.316 e. The second-order valence-corrected chi connectivity index (χ2v) is 7.78. The molecular formula is C19H24ClN3OS. The highest BCUT2D eigenvalue weighted by atomic mass is 35.5. The van der Waals surface area contributed by atoms with Crippen LogP contribution in [0.4, 0.5) is 10.5 Å². The van der Waals surface area contributed by atoms with Gasteiger partial charge in [-0.25, -0.2) is 4.79 Å². The molecule has 1 fully saturated rings. The summed E-state index contributed by atoms with van der Waals surface area (Å²) in [6.07, 6.45) is 2.03. The summed E-state index contributed by atoms with van der Waals surface area (Å²) in [6, 6.07) is 11.6. The Kier molecular flexibility index (Phi) is 6.34. The Balaban J connectivity index is 1.72. The summed E-state index contributed by atoms with van der Waals surface area (Å²) in [6.45, 7) is 6.02. The molecule has 0 radical (unpaired) electrons. The fourth-order valence-corrected chi connectivity index (χ4v) is 4.14. The number of anilines is 1. The molecule has 6 heteroatoms. The van der Waals surface area contributed by atoms with Crippen molar-refractivity contribution in [3.05, 3.63) is 51.7 Å². The van der Waals surface area contributed by atoms with E-state index in [4.69, 9.17) is 11.6 Å². The van der Waals surface area contributed by atoms with Gasteiger partial charge in [-0.1, -0.05) is 30.7 Å². The van der Waals surface area contributed by atoms with Gasteiger partial charge in [0.25, 0.3) is 0 Å². The molecule has 1 aliphatic heterocycles. The van der Waals surface area contributed by atoms with Gasteiger partial charge in [0, 0.05) is 34.7 Å². The van der Waals surface area contributed by atoms with E-state index >= 15 is 0 Å². The molecule has 2 amide bonds. The van der Waals surface area contributed by atoms with Crippen molar-refractivity contribution in [1.82, 2.24) is 9.80 Å². The minimum atomic E-state index is -0.0504. The predicted octanol–water partition coefficient (Wildman–Crippen LogP) is 4.92. The molecule has 4 nitrogen and oxygen atoms in total. The Morgan fingerprint density at radius 2 is 2.12 bits per heavy atom.